The van der Waals surface area contributed by atoms with Crippen LogP contribution in [0.25, 0.3) is 0 Å². The fraction of sp³-hybridized carbons (Fsp3) is 0.478. The van der Waals surface area contributed by atoms with Gasteiger partial charge in [-0.15, -0.1) is 0 Å². The second-order valence-corrected chi connectivity index (χ2v) is 7.71. The minimum atomic E-state index is -0.152. The third-order valence-corrected chi connectivity index (χ3v) is 5.82. The lowest BCUT2D eigenvalue weighted by Gasteiger charge is -2.31. The van der Waals surface area contributed by atoms with E-state index < -0.39 is 0 Å². The molecule has 2 heterocycles. The molecular weight excluding hydrogens is 334 g/mol. The molecule has 1 fully saturated rings. The molecule has 144 valence electrons. The molecule has 1 atom stereocenters. The summed E-state index contributed by atoms with van der Waals surface area (Å²) in [5.74, 6) is 0.624. The van der Waals surface area contributed by atoms with Gasteiger partial charge in [0.2, 0.25) is 5.91 Å². The number of nitrogens with one attached hydrogen (secondary N) is 1. The van der Waals surface area contributed by atoms with Crippen LogP contribution in [0.3, 0.4) is 0 Å². The molecule has 0 spiro atoms. The van der Waals surface area contributed by atoms with E-state index in [9.17, 15) is 4.79 Å². The Morgan fingerprint density at radius 1 is 1.19 bits per heavy atom. The molecule has 1 N–H and O–H groups in total. The smallest absolute Gasteiger partial charge is 0.221 e. The fourth-order valence-electron chi connectivity index (χ4n) is 3.84. The van der Waals surface area contributed by atoms with E-state index in [0.29, 0.717) is 12.3 Å². The first-order valence-corrected chi connectivity index (χ1v) is 10.1. The molecule has 0 saturated carbocycles. The predicted molar refractivity (Wildman–Crippen MR) is 110 cm³/mol. The summed E-state index contributed by atoms with van der Waals surface area (Å²) in [5.41, 5.74) is 4.63. The molecule has 0 bridgehead atoms. The second-order valence-electron chi connectivity index (χ2n) is 7.71. The van der Waals surface area contributed by atoms with Crippen molar-refractivity contribution in [1.29, 1.82) is 0 Å². The molecule has 4 nitrogen and oxygen atoms in total. The van der Waals surface area contributed by atoms with Crippen LogP contribution in [0.2, 0.25) is 0 Å². The lowest BCUT2D eigenvalue weighted by atomic mass is 9.92. The zero-order valence-electron chi connectivity index (χ0n) is 16.7. The van der Waals surface area contributed by atoms with Crippen molar-refractivity contribution < 1.29 is 4.79 Å². The number of pyridine rings is 1. The van der Waals surface area contributed by atoms with Gasteiger partial charge in [-0.25, -0.2) is 0 Å². The number of piperidine rings is 1. The van der Waals surface area contributed by atoms with Crippen LogP contribution in [-0.2, 0) is 4.79 Å². The molecule has 1 aliphatic rings. The average molecular weight is 366 g/mol. The van der Waals surface area contributed by atoms with Gasteiger partial charge in [0, 0.05) is 18.8 Å². The first-order chi connectivity index (χ1) is 13.1. The van der Waals surface area contributed by atoms with Gasteiger partial charge < -0.3 is 10.2 Å². The van der Waals surface area contributed by atoms with Crippen molar-refractivity contribution in [2.45, 2.75) is 46.1 Å². The van der Waals surface area contributed by atoms with Crippen LogP contribution in [0.4, 0.5) is 0 Å². The van der Waals surface area contributed by atoms with Crippen molar-refractivity contribution in [1.82, 2.24) is 15.2 Å². The summed E-state index contributed by atoms with van der Waals surface area (Å²) in [4.78, 5) is 19.5. The number of aromatic nitrogens is 1. The summed E-state index contributed by atoms with van der Waals surface area (Å²) in [6.45, 7) is 9.75. The Morgan fingerprint density at radius 3 is 2.59 bits per heavy atom. The summed E-state index contributed by atoms with van der Waals surface area (Å²) in [6, 6.07) is 10.2. The van der Waals surface area contributed by atoms with Crippen molar-refractivity contribution in [3.8, 4) is 0 Å². The first-order valence-electron chi connectivity index (χ1n) is 10.1. The predicted octanol–water partition coefficient (Wildman–Crippen LogP) is 4.03. The summed E-state index contributed by atoms with van der Waals surface area (Å²) in [6.07, 6.45) is 6.45. The minimum absolute atomic E-state index is 0.136. The van der Waals surface area contributed by atoms with Crippen molar-refractivity contribution in [2.24, 2.45) is 5.92 Å². The van der Waals surface area contributed by atoms with E-state index in [4.69, 9.17) is 0 Å². The zero-order valence-corrected chi connectivity index (χ0v) is 16.7. The van der Waals surface area contributed by atoms with Crippen LogP contribution in [0, 0.1) is 19.8 Å². The van der Waals surface area contributed by atoms with Gasteiger partial charge in [-0.2, -0.15) is 0 Å². The number of carbonyl (C=O) groups is 1. The number of hydrogen-bond acceptors (Lipinski definition) is 3. The molecule has 1 aromatic heterocycles. The highest BCUT2D eigenvalue weighted by Crippen LogP contribution is 2.25. The Labute approximate surface area is 163 Å². The average Bonchev–Trinajstić information content (AvgIpc) is 2.69. The Morgan fingerprint density at radius 2 is 1.96 bits per heavy atom. The number of hydrogen-bond donors (Lipinski definition) is 1. The van der Waals surface area contributed by atoms with Gasteiger partial charge in [-0.1, -0.05) is 31.2 Å². The number of aryl methyl sites for hydroxylation is 2. The summed E-state index contributed by atoms with van der Waals surface area (Å²) < 4.78 is 0. The van der Waals surface area contributed by atoms with Crippen LogP contribution in [-0.4, -0.2) is 35.4 Å². The standard InChI is InChI=1S/C23H31N3O/c1-4-26-12-9-19(10-13-26)15-22(27)25-23(21-6-5-11-24-16-21)20-8-7-17(2)18(3)14-20/h5-8,11,14,16,19,23H,4,9-10,12-13,15H2,1-3H3,(H,25,27)/t23-/m0/s1. The Balaban J connectivity index is 1.72. The largest absolute Gasteiger partial charge is 0.345 e. The van der Waals surface area contributed by atoms with E-state index in [1.165, 1.54) is 11.1 Å². The van der Waals surface area contributed by atoms with E-state index >= 15 is 0 Å². The topological polar surface area (TPSA) is 45.2 Å². The number of amides is 1. The molecule has 1 amide bonds. The fourth-order valence-corrected chi connectivity index (χ4v) is 3.84. The van der Waals surface area contributed by atoms with Crippen molar-refractivity contribution >= 4 is 5.91 Å². The second kappa shape index (κ2) is 9.14. The van der Waals surface area contributed by atoms with Gasteiger partial charge in [0.05, 0.1) is 6.04 Å². The molecule has 4 heteroatoms. The van der Waals surface area contributed by atoms with E-state index in [1.54, 1.807) is 6.20 Å². The van der Waals surface area contributed by atoms with Gasteiger partial charge in [-0.3, -0.25) is 9.78 Å². The van der Waals surface area contributed by atoms with E-state index in [2.05, 4.69) is 54.2 Å². The maximum absolute atomic E-state index is 12.8. The lowest BCUT2D eigenvalue weighted by Crippen LogP contribution is -2.36. The first kappa shape index (κ1) is 19.6. The molecule has 0 radical (unpaired) electrons. The van der Waals surface area contributed by atoms with Crippen molar-refractivity contribution in [3.63, 3.8) is 0 Å². The molecule has 1 aromatic carbocycles. The SMILES string of the molecule is CCN1CCC(CC(=O)N[C@H](c2cccnc2)c2ccc(C)c(C)c2)CC1. The minimum Gasteiger partial charge on any atom is -0.345 e. The summed E-state index contributed by atoms with van der Waals surface area (Å²) >= 11 is 0. The number of likely N-dealkylation sites (tertiary alicyclic amines) is 1. The normalized spacial score (nSPS) is 16.9. The van der Waals surface area contributed by atoms with Crippen LogP contribution in [0.1, 0.15) is 54.5 Å². The van der Waals surface area contributed by atoms with Gasteiger partial charge in [-0.05, 0) is 80.6 Å². The molecule has 1 saturated heterocycles. The Bertz CT molecular complexity index is 751. The van der Waals surface area contributed by atoms with Gasteiger partial charge in [0.1, 0.15) is 0 Å². The van der Waals surface area contributed by atoms with Crippen LogP contribution >= 0.6 is 0 Å². The Hall–Kier alpha value is -2.20. The zero-order chi connectivity index (χ0) is 19.2. The van der Waals surface area contributed by atoms with E-state index in [-0.39, 0.29) is 11.9 Å². The molecule has 2 aromatic rings. The number of rotatable bonds is 6. The van der Waals surface area contributed by atoms with Crippen molar-refractivity contribution in [3.05, 3.63) is 65.0 Å². The highest BCUT2D eigenvalue weighted by molar-refractivity contribution is 5.77. The molecule has 3 rings (SSSR count). The number of benzene rings is 1. The van der Waals surface area contributed by atoms with E-state index in [0.717, 1.165) is 43.6 Å². The summed E-state index contributed by atoms with van der Waals surface area (Å²) in [7, 11) is 0. The van der Waals surface area contributed by atoms with Gasteiger partial charge in [0.15, 0.2) is 0 Å². The van der Waals surface area contributed by atoms with Crippen LogP contribution < -0.4 is 5.32 Å². The van der Waals surface area contributed by atoms with Crippen LogP contribution in [0.5, 0.6) is 0 Å². The van der Waals surface area contributed by atoms with Crippen molar-refractivity contribution in [2.75, 3.05) is 19.6 Å². The monoisotopic (exact) mass is 365 g/mol. The number of nitrogens with zero attached hydrogens (tertiary/aromatic N) is 2. The lowest BCUT2D eigenvalue weighted by molar-refractivity contribution is -0.122. The van der Waals surface area contributed by atoms with Crippen LogP contribution in [0.15, 0.2) is 42.7 Å². The maximum Gasteiger partial charge on any atom is 0.221 e. The quantitative estimate of drug-likeness (QED) is 0.841. The highest BCUT2D eigenvalue weighted by atomic mass is 16.1. The Kier molecular flexibility index (Phi) is 6.62. The molecule has 0 unspecified atom stereocenters. The number of carbonyl (C=O) groups excluding carboxylic acids is 1. The van der Waals surface area contributed by atoms with Gasteiger partial charge >= 0.3 is 0 Å². The highest BCUT2D eigenvalue weighted by Gasteiger charge is 2.23. The molecule has 27 heavy (non-hydrogen) atoms. The summed E-state index contributed by atoms with van der Waals surface area (Å²) in [5, 5.41) is 3.28. The molecule has 0 aliphatic carbocycles. The maximum atomic E-state index is 12.8. The third-order valence-electron chi connectivity index (χ3n) is 5.82. The third kappa shape index (κ3) is 5.16. The molecular formula is C23H31N3O. The molecule has 1 aliphatic heterocycles. The van der Waals surface area contributed by atoms with Gasteiger partial charge in [0.25, 0.3) is 0 Å². The van der Waals surface area contributed by atoms with E-state index in [1.807, 2.05) is 18.3 Å².